The molecule has 1 fully saturated rings. The van der Waals surface area contributed by atoms with Gasteiger partial charge in [-0.3, -0.25) is 4.72 Å². The van der Waals surface area contributed by atoms with Crippen LogP contribution in [0.3, 0.4) is 0 Å². The van der Waals surface area contributed by atoms with Crippen molar-refractivity contribution in [3.05, 3.63) is 29.3 Å². The van der Waals surface area contributed by atoms with E-state index in [4.69, 9.17) is 23.1 Å². The number of anilines is 2. The first-order valence-corrected chi connectivity index (χ1v) is 13.6. The number of hydrogen-bond donors (Lipinski definition) is 4. The van der Waals surface area contributed by atoms with Gasteiger partial charge in [-0.25, -0.2) is 17.8 Å². The van der Waals surface area contributed by atoms with E-state index in [0.717, 1.165) is 42.9 Å². The predicted octanol–water partition coefficient (Wildman–Crippen LogP) is 4.05. The lowest BCUT2D eigenvalue weighted by atomic mass is 9.76. The van der Waals surface area contributed by atoms with Gasteiger partial charge in [0.25, 0.3) is 10.0 Å². The van der Waals surface area contributed by atoms with Crippen LogP contribution in [0.5, 0.6) is 0 Å². The van der Waals surface area contributed by atoms with E-state index in [1.807, 2.05) is 0 Å². The molecule has 3 rings (SSSR count). The van der Waals surface area contributed by atoms with Crippen molar-refractivity contribution in [1.29, 1.82) is 0 Å². The molecule has 0 amide bonds. The van der Waals surface area contributed by atoms with Crippen LogP contribution in [0.2, 0.25) is 5.02 Å². The monoisotopic (exact) mass is 518 g/mol. The van der Waals surface area contributed by atoms with Crippen molar-refractivity contribution in [3.63, 3.8) is 0 Å². The molecule has 12 heteroatoms. The normalized spacial score (nSPS) is 16.4. The minimum atomic E-state index is -4.20. The van der Waals surface area contributed by atoms with Crippen LogP contribution in [-0.2, 0) is 10.0 Å². The summed E-state index contributed by atoms with van der Waals surface area (Å²) in [6, 6.07) is 2.20. The molecule has 184 valence electrons. The molecular formula is C21H32ClFN6O2S2. The first kappa shape index (κ1) is 26.1. The van der Waals surface area contributed by atoms with Crippen molar-refractivity contribution < 1.29 is 12.8 Å². The molecule has 0 spiro atoms. The maximum Gasteiger partial charge on any atom is 0.266 e. The number of aromatic nitrogens is 2. The molecule has 8 nitrogen and oxygen atoms in total. The second-order valence-corrected chi connectivity index (χ2v) is 12.3. The van der Waals surface area contributed by atoms with Crippen molar-refractivity contribution in [1.82, 2.24) is 9.36 Å². The van der Waals surface area contributed by atoms with E-state index in [-0.39, 0.29) is 27.5 Å². The number of benzene rings is 1. The summed E-state index contributed by atoms with van der Waals surface area (Å²) in [5.41, 5.74) is 12.7. The smallest absolute Gasteiger partial charge is 0.266 e. The number of halogens is 2. The Kier molecular flexibility index (Phi) is 8.55. The fourth-order valence-electron chi connectivity index (χ4n) is 4.01. The molecule has 1 aromatic heterocycles. The number of sulfonamides is 1. The molecule has 1 aromatic carbocycles. The van der Waals surface area contributed by atoms with Crippen molar-refractivity contribution in [3.8, 4) is 0 Å². The third-order valence-electron chi connectivity index (χ3n) is 5.99. The van der Waals surface area contributed by atoms with Gasteiger partial charge >= 0.3 is 0 Å². The summed E-state index contributed by atoms with van der Waals surface area (Å²) in [6.45, 7) is 5.45. The van der Waals surface area contributed by atoms with E-state index >= 15 is 0 Å². The Balaban J connectivity index is 1.74. The quantitative estimate of drug-likeness (QED) is 0.314. The van der Waals surface area contributed by atoms with Gasteiger partial charge in [-0.05, 0) is 55.2 Å². The zero-order valence-corrected chi connectivity index (χ0v) is 21.2. The lowest BCUT2D eigenvalue weighted by Crippen LogP contribution is -2.38. The zero-order chi connectivity index (χ0) is 24.2. The summed E-state index contributed by atoms with van der Waals surface area (Å²) in [4.78, 5) is 3.20. The summed E-state index contributed by atoms with van der Waals surface area (Å²) in [6.07, 6.45) is 6.35. The Morgan fingerprint density at radius 2 is 2.09 bits per heavy atom. The van der Waals surface area contributed by atoms with Crippen LogP contribution in [0.15, 0.2) is 23.4 Å². The second-order valence-electron chi connectivity index (χ2n) is 9.51. The topological polar surface area (TPSA) is 136 Å². The average Bonchev–Trinajstić information content (AvgIpc) is 3.39. The van der Waals surface area contributed by atoms with Crippen molar-refractivity contribution in [2.24, 2.45) is 28.7 Å². The van der Waals surface area contributed by atoms with Gasteiger partial charge in [0.05, 0.1) is 10.7 Å². The summed E-state index contributed by atoms with van der Waals surface area (Å²) in [5, 5.41) is 3.34. The summed E-state index contributed by atoms with van der Waals surface area (Å²) in [7, 11) is -4.20. The van der Waals surface area contributed by atoms with E-state index in [9.17, 15) is 12.8 Å². The summed E-state index contributed by atoms with van der Waals surface area (Å²) < 4.78 is 45.8. The summed E-state index contributed by atoms with van der Waals surface area (Å²) >= 11 is 7.18. The van der Waals surface area contributed by atoms with Gasteiger partial charge in [0.15, 0.2) is 0 Å². The Hall–Kier alpha value is -1.53. The minimum Gasteiger partial charge on any atom is -0.383 e. The van der Waals surface area contributed by atoms with Gasteiger partial charge in [-0.2, -0.15) is 4.37 Å². The van der Waals surface area contributed by atoms with Gasteiger partial charge in [-0.1, -0.05) is 38.3 Å². The summed E-state index contributed by atoms with van der Waals surface area (Å²) in [5.74, 6) is -0.0962. The average molecular weight is 519 g/mol. The highest BCUT2D eigenvalue weighted by molar-refractivity contribution is 7.93. The van der Waals surface area contributed by atoms with Crippen LogP contribution in [0, 0.1) is 23.1 Å². The highest BCUT2D eigenvalue weighted by Gasteiger charge is 2.31. The molecule has 0 aliphatic heterocycles. The van der Waals surface area contributed by atoms with E-state index in [0.29, 0.717) is 24.7 Å². The number of rotatable bonds is 13. The Bertz CT molecular complexity index is 1030. The molecule has 1 saturated carbocycles. The van der Waals surface area contributed by atoms with Crippen molar-refractivity contribution in [2.75, 3.05) is 23.1 Å². The molecule has 0 saturated heterocycles. The fourth-order valence-corrected chi connectivity index (χ4v) is 6.05. The van der Waals surface area contributed by atoms with Crippen LogP contribution in [0.4, 0.5) is 15.2 Å². The third-order valence-corrected chi connectivity index (χ3v) is 8.37. The molecule has 2 aromatic rings. The number of hydrogen-bond acceptors (Lipinski definition) is 8. The molecule has 1 aliphatic carbocycles. The highest BCUT2D eigenvalue weighted by atomic mass is 35.5. The number of nitrogens with two attached hydrogens (primary N) is 2. The number of nitrogens with one attached hydrogen (secondary N) is 2. The van der Waals surface area contributed by atoms with Gasteiger partial charge in [0.2, 0.25) is 5.13 Å². The van der Waals surface area contributed by atoms with E-state index in [2.05, 4.69) is 33.2 Å². The third kappa shape index (κ3) is 7.48. The molecular weight excluding hydrogens is 487 g/mol. The highest BCUT2D eigenvalue weighted by Crippen LogP contribution is 2.38. The Labute approximate surface area is 203 Å². The minimum absolute atomic E-state index is 0.00132. The second kappa shape index (κ2) is 10.8. The molecule has 0 bridgehead atoms. The predicted molar refractivity (Wildman–Crippen MR) is 131 cm³/mol. The molecule has 6 N–H and O–H groups in total. The molecule has 1 heterocycles. The lowest BCUT2D eigenvalue weighted by Gasteiger charge is -2.33. The number of nitrogens with zero attached hydrogens (tertiary/aromatic N) is 2. The van der Waals surface area contributed by atoms with Crippen LogP contribution in [-0.4, -0.2) is 36.9 Å². The fraction of sp³-hybridized carbons (Fsp3) is 0.619. The van der Waals surface area contributed by atoms with Crippen LogP contribution < -0.4 is 21.5 Å². The molecule has 2 atom stereocenters. The SMILES string of the molecule is CC(C)(CCN)CC(CNc1cc(F)c(S(=O)(=O)Nc2ncns2)cc1Cl)[C@H](N)CC1CC1. The van der Waals surface area contributed by atoms with Gasteiger partial charge in [0, 0.05) is 24.1 Å². The molecule has 1 unspecified atom stereocenters. The zero-order valence-electron chi connectivity index (χ0n) is 18.9. The van der Waals surface area contributed by atoms with E-state index in [1.165, 1.54) is 19.2 Å². The van der Waals surface area contributed by atoms with Crippen LogP contribution >= 0.6 is 23.1 Å². The first-order chi connectivity index (χ1) is 15.5. The first-order valence-electron chi connectivity index (χ1n) is 11.0. The Morgan fingerprint density at radius 1 is 1.36 bits per heavy atom. The van der Waals surface area contributed by atoms with Crippen LogP contribution in [0.1, 0.15) is 46.0 Å². The van der Waals surface area contributed by atoms with Crippen LogP contribution in [0.25, 0.3) is 0 Å². The molecule has 0 radical (unpaired) electrons. The Morgan fingerprint density at radius 3 is 2.70 bits per heavy atom. The molecule has 1 aliphatic rings. The van der Waals surface area contributed by atoms with E-state index in [1.54, 1.807) is 0 Å². The van der Waals surface area contributed by atoms with Gasteiger partial charge < -0.3 is 16.8 Å². The van der Waals surface area contributed by atoms with Crippen molar-refractivity contribution >= 4 is 44.0 Å². The van der Waals surface area contributed by atoms with Gasteiger partial charge in [0.1, 0.15) is 17.0 Å². The maximum atomic E-state index is 14.8. The maximum absolute atomic E-state index is 14.8. The largest absolute Gasteiger partial charge is 0.383 e. The lowest BCUT2D eigenvalue weighted by molar-refractivity contribution is 0.228. The van der Waals surface area contributed by atoms with E-state index < -0.39 is 20.7 Å². The standard InChI is InChI=1S/C21H32ClFN6O2S2/c1-21(2,5-6-24)10-14(17(25)7-13-3-4-13)11-26-18-9-16(23)19(8-15(18)22)33(30,31)29-20-27-12-28-32-20/h8-9,12-14,17,26H,3-7,10-11,24-25H2,1-2H3,(H,27,28,29)/t14?,17-/m1/s1. The van der Waals surface area contributed by atoms with Crippen molar-refractivity contribution in [2.45, 2.75) is 56.9 Å². The molecule has 33 heavy (non-hydrogen) atoms. The van der Waals surface area contributed by atoms with Gasteiger partial charge in [-0.15, -0.1) is 0 Å².